The van der Waals surface area contributed by atoms with Crippen LogP contribution in [-0.2, 0) is 6.42 Å². The summed E-state index contributed by atoms with van der Waals surface area (Å²) in [6, 6.07) is 3.72. The maximum Gasteiger partial charge on any atom is 0.129 e. The number of hydrogen-bond donors (Lipinski definition) is 1. The minimum atomic E-state index is -0.547. The van der Waals surface area contributed by atoms with Crippen LogP contribution >= 0.6 is 11.3 Å². The fourth-order valence-corrected chi connectivity index (χ4v) is 2.52. The molecular weight excluding hydrogens is 254 g/mol. The molecule has 1 heterocycles. The largest absolute Gasteiger partial charge is 0.309 e. The lowest BCUT2D eigenvalue weighted by atomic mass is 10.0. The highest BCUT2D eigenvalue weighted by Crippen LogP contribution is 2.23. The Kier molecular flexibility index (Phi) is 4.38. The molecular formula is C13H14F2N2S. The summed E-state index contributed by atoms with van der Waals surface area (Å²) in [4.78, 5) is 5.08. The normalized spacial score (nSPS) is 12.6. The minimum Gasteiger partial charge on any atom is -0.309 e. The third-order valence-corrected chi connectivity index (χ3v) is 3.57. The van der Waals surface area contributed by atoms with E-state index in [9.17, 15) is 8.78 Å². The second kappa shape index (κ2) is 6.02. The number of hydrogen-bond acceptors (Lipinski definition) is 3. The van der Waals surface area contributed by atoms with Crippen LogP contribution in [0.4, 0.5) is 8.78 Å². The van der Waals surface area contributed by atoms with Crippen molar-refractivity contribution in [2.24, 2.45) is 0 Å². The molecule has 0 spiro atoms. The van der Waals surface area contributed by atoms with Gasteiger partial charge in [0.25, 0.3) is 0 Å². The molecule has 0 aliphatic heterocycles. The number of likely N-dealkylation sites (N-methyl/N-ethyl adjacent to an activating group) is 1. The molecule has 0 radical (unpaired) electrons. The smallest absolute Gasteiger partial charge is 0.129 e. The molecule has 2 rings (SSSR count). The molecule has 0 saturated heterocycles. The Hall–Kier alpha value is -1.33. The highest BCUT2D eigenvalue weighted by Gasteiger charge is 2.15. The number of halogens is 2. The zero-order chi connectivity index (χ0) is 13.0. The lowest BCUT2D eigenvalue weighted by Crippen LogP contribution is -2.22. The Labute approximate surface area is 109 Å². The summed E-state index contributed by atoms with van der Waals surface area (Å²) in [5.41, 5.74) is 2.26. The highest BCUT2D eigenvalue weighted by molar-refractivity contribution is 7.09. The summed E-state index contributed by atoms with van der Waals surface area (Å²) < 4.78 is 26.5. The first-order valence-electron chi connectivity index (χ1n) is 5.76. The molecule has 5 heteroatoms. The van der Waals surface area contributed by atoms with Crippen molar-refractivity contribution in [1.82, 2.24) is 10.3 Å². The summed E-state index contributed by atoms with van der Waals surface area (Å²) in [7, 11) is 0. The average Bonchev–Trinajstić information content (AvgIpc) is 2.85. The van der Waals surface area contributed by atoms with Gasteiger partial charge < -0.3 is 5.32 Å². The number of benzene rings is 1. The maximum atomic E-state index is 13.6. The molecule has 0 saturated carbocycles. The van der Waals surface area contributed by atoms with Crippen molar-refractivity contribution in [3.05, 3.63) is 52.0 Å². The van der Waals surface area contributed by atoms with Gasteiger partial charge in [0.2, 0.25) is 0 Å². The van der Waals surface area contributed by atoms with Crippen molar-refractivity contribution >= 4 is 11.3 Å². The molecule has 0 amide bonds. The third kappa shape index (κ3) is 3.11. The average molecular weight is 268 g/mol. The molecule has 0 bridgehead atoms. The van der Waals surface area contributed by atoms with Crippen LogP contribution in [0.2, 0.25) is 0 Å². The van der Waals surface area contributed by atoms with E-state index in [1.54, 1.807) is 11.7 Å². The van der Waals surface area contributed by atoms with Crippen LogP contribution in [0.15, 0.2) is 29.9 Å². The van der Waals surface area contributed by atoms with Gasteiger partial charge in [-0.05, 0) is 24.6 Å². The van der Waals surface area contributed by atoms with Gasteiger partial charge in [-0.2, -0.15) is 0 Å². The van der Waals surface area contributed by atoms with Crippen LogP contribution in [0.25, 0.3) is 0 Å². The molecule has 1 aromatic carbocycles. The second-order valence-corrected chi connectivity index (χ2v) is 4.87. The molecule has 1 aromatic heterocycles. The Bertz CT molecular complexity index is 500. The van der Waals surface area contributed by atoms with Crippen molar-refractivity contribution in [3.63, 3.8) is 0 Å². The maximum absolute atomic E-state index is 13.6. The van der Waals surface area contributed by atoms with Crippen molar-refractivity contribution in [2.45, 2.75) is 19.4 Å². The van der Waals surface area contributed by atoms with Gasteiger partial charge in [0.05, 0.1) is 5.51 Å². The SMILES string of the molecule is CCNC(Cc1ccc(F)cc1F)c1cncs1. The highest BCUT2D eigenvalue weighted by atomic mass is 32.1. The van der Waals surface area contributed by atoms with E-state index in [1.807, 2.05) is 6.92 Å². The standard InChI is InChI=1S/C13H14F2N2S/c1-2-17-12(13-7-16-8-18-13)5-9-3-4-10(14)6-11(9)15/h3-4,6-8,12,17H,2,5H2,1H3. The van der Waals surface area contributed by atoms with Crippen LogP contribution < -0.4 is 5.32 Å². The molecule has 1 unspecified atom stereocenters. The molecule has 96 valence electrons. The van der Waals surface area contributed by atoms with Crippen molar-refractivity contribution in [1.29, 1.82) is 0 Å². The van der Waals surface area contributed by atoms with Gasteiger partial charge in [0.15, 0.2) is 0 Å². The molecule has 18 heavy (non-hydrogen) atoms. The fraction of sp³-hybridized carbons (Fsp3) is 0.308. The van der Waals surface area contributed by atoms with E-state index < -0.39 is 11.6 Å². The molecule has 1 N–H and O–H groups in total. The zero-order valence-corrected chi connectivity index (χ0v) is 10.8. The molecule has 2 aromatic rings. The third-order valence-electron chi connectivity index (χ3n) is 2.68. The summed E-state index contributed by atoms with van der Waals surface area (Å²) in [5, 5.41) is 3.29. The van der Waals surface area contributed by atoms with Gasteiger partial charge in [-0.1, -0.05) is 13.0 Å². The Morgan fingerprint density at radius 3 is 2.83 bits per heavy atom. The zero-order valence-electron chi connectivity index (χ0n) is 9.99. The van der Waals surface area contributed by atoms with Crippen LogP contribution in [-0.4, -0.2) is 11.5 Å². The number of thiazole rings is 1. The van der Waals surface area contributed by atoms with Crippen LogP contribution in [0.5, 0.6) is 0 Å². The quantitative estimate of drug-likeness (QED) is 0.900. The van der Waals surface area contributed by atoms with Crippen molar-refractivity contribution < 1.29 is 8.78 Å². The number of aromatic nitrogens is 1. The molecule has 0 fully saturated rings. The van der Waals surface area contributed by atoms with Crippen LogP contribution in [0.3, 0.4) is 0 Å². The Morgan fingerprint density at radius 1 is 1.39 bits per heavy atom. The van der Waals surface area contributed by atoms with E-state index in [4.69, 9.17) is 0 Å². The van der Waals surface area contributed by atoms with E-state index >= 15 is 0 Å². The van der Waals surface area contributed by atoms with Gasteiger partial charge in [0.1, 0.15) is 11.6 Å². The minimum absolute atomic E-state index is 0.0162. The first-order valence-corrected chi connectivity index (χ1v) is 6.64. The summed E-state index contributed by atoms with van der Waals surface area (Å²) in [5.74, 6) is -1.04. The molecule has 1 atom stereocenters. The van der Waals surface area contributed by atoms with Crippen LogP contribution in [0, 0.1) is 11.6 Å². The van der Waals surface area contributed by atoms with Gasteiger partial charge in [-0.15, -0.1) is 11.3 Å². The van der Waals surface area contributed by atoms with Crippen molar-refractivity contribution in [2.75, 3.05) is 6.54 Å². The molecule has 2 nitrogen and oxygen atoms in total. The molecule has 0 aliphatic carbocycles. The van der Waals surface area contributed by atoms with Crippen LogP contribution in [0.1, 0.15) is 23.4 Å². The monoisotopic (exact) mass is 268 g/mol. The number of nitrogens with zero attached hydrogens (tertiary/aromatic N) is 1. The first kappa shape index (κ1) is 13.1. The van der Waals surface area contributed by atoms with Gasteiger partial charge in [-0.3, -0.25) is 4.98 Å². The van der Waals surface area contributed by atoms with E-state index in [0.29, 0.717) is 12.0 Å². The van der Waals surface area contributed by atoms with Gasteiger partial charge in [-0.25, -0.2) is 8.78 Å². The number of nitrogens with one attached hydrogen (secondary N) is 1. The summed E-state index contributed by atoms with van der Waals surface area (Å²) >= 11 is 1.53. The first-order chi connectivity index (χ1) is 8.70. The predicted molar refractivity (Wildman–Crippen MR) is 68.6 cm³/mol. The Morgan fingerprint density at radius 2 is 2.22 bits per heavy atom. The lowest BCUT2D eigenvalue weighted by molar-refractivity contribution is 0.525. The topological polar surface area (TPSA) is 24.9 Å². The molecule has 0 aliphatic rings. The summed E-state index contributed by atoms with van der Waals surface area (Å²) in [6.07, 6.45) is 2.27. The van der Waals surface area contributed by atoms with E-state index in [-0.39, 0.29) is 6.04 Å². The van der Waals surface area contributed by atoms with E-state index in [2.05, 4.69) is 10.3 Å². The summed E-state index contributed by atoms with van der Waals surface area (Å²) in [6.45, 7) is 2.78. The van der Waals surface area contributed by atoms with Gasteiger partial charge >= 0.3 is 0 Å². The fourth-order valence-electron chi connectivity index (χ4n) is 1.82. The Balaban J connectivity index is 2.18. The van der Waals surface area contributed by atoms with E-state index in [0.717, 1.165) is 17.5 Å². The van der Waals surface area contributed by atoms with Gasteiger partial charge in [0, 0.05) is 23.2 Å². The predicted octanol–water partition coefficient (Wildman–Crippen LogP) is 3.31. The van der Waals surface area contributed by atoms with E-state index in [1.165, 1.54) is 23.5 Å². The van der Waals surface area contributed by atoms with Crippen molar-refractivity contribution in [3.8, 4) is 0 Å². The number of rotatable bonds is 5. The second-order valence-electron chi connectivity index (χ2n) is 3.95. The lowest BCUT2D eigenvalue weighted by Gasteiger charge is -2.16.